The van der Waals surface area contributed by atoms with Crippen molar-refractivity contribution < 1.29 is 9.59 Å². The van der Waals surface area contributed by atoms with Gasteiger partial charge in [-0.05, 0) is 54.1 Å². The van der Waals surface area contributed by atoms with Gasteiger partial charge in [0.05, 0.1) is 11.8 Å². The molecule has 1 aromatic heterocycles. The Hall–Kier alpha value is -3.51. The van der Waals surface area contributed by atoms with E-state index in [1.807, 2.05) is 0 Å². The number of benzene rings is 2. The summed E-state index contributed by atoms with van der Waals surface area (Å²) < 4.78 is 0. The van der Waals surface area contributed by atoms with E-state index in [4.69, 9.17) is 11.6 Å². The fraction of sp³-hybridized carbons (Fsp3) is 0. The largest absolute Gasteiger partial charge is 0.322 e. The Morgan fingerprint density at radius 1 is 0.926 bits per heavy atom. The van der Waals surface area contributed by atoms with Crippen molar-refractivity contribution in [3.05, 3.63) is 94.8 Å². The minimum absolute atomic E-state index is 0.231. The van der Waals surface area contributed by atoms with Gasteiger partial charge in [0, 0.05) is 28.7 Å². The molecular formula is C20H15ClN4O2. The molecule has 0 aliphatic rings. The lowest BCUT2D eigenvalue weighted by Gasteiger charge is -2.05. The lowest BCUT2D eigenvalue weighted by molar-refractivity contribution is 0.0954. The third kappa shape index (κ3) is 5.23. The second-order valence-electron chi connectivity index (χ2n) is 5.52. The van der Waals surface area contributed by atoms with Gasteiger partial charge in [-0.2, -0.15) is 5.10 Å². The summed E-state index contributed by atoms with van der Waals surface area (Å²) in [5.74, 6) is -0.580. The number of carbonyl (C=O) groups excluding carboxylic acids is 2. The number of nitrogens with zero attached hydrogens (tertiary/aromatic N) is 2. The van der Waals surface area contributed by atoms with Gasteiger partial charge in [-0.3, -0.25) is 14.6 Å². The second-order valence-corrected chi connectivity index (χ2v) is 5.96. The van der Waals surface area contributed by atoms with Gasteiger partial charge < -0.3 is 5.32 Å². The van der Waals surface area contributed by atoms with Crippen LogP contribution in [0.25, 0.3) is 0 Å². The molecule has 0 atom stereocenters. The number of pyridine rings is 1. The highest BCUT2D eigenvalue weighted by molar-refractivity contribution is 6.30. The molecule has 0 aliphatic carbocycles. The summed E-state index contributed by atoms with van der Waals surface area (Å²) in [6.45, 7) is 0. The summed E-state index contributed by atoms with van der Waals surface area (Å²) >= 11 is 5.82. The number of anilines is 1. The Morgan fingerprint density at radius 2 is 1.67 bits per heavy atom. The first-order valence-electron chi connectivity index (χ1n) is 8.02. The van der Waals surface area contributed by atoms with Gasteiger partial charge in [-0.25, -0.2) is 5.43 Å². The number of carbonyl (C=O) groups is 2. The molecule has 7 heteroatoms. The lowest BCUT2D eigenvalue weighted by atomic mass is 10.1. The number of amides is 2. The van der Waals surface area contributed by atoms with Crippen molar-refractivity contribution in [2.24, 2.45) is 5.10 Å². The number of rotatable bonds is 5. The molecule has 134 valence electrons. The fourth-order valence-corrected chi connectivity index (χ4v) is 2.31. The molecule has 0 saturated carbocycles. The maximum atomic E-state index is 12.2. The highest BCUT2D eigenvalue weighted by atomic mass is 35.5. The van der Waals surface area contributed by atoms with Crippen LogP contribution in [0.2, 0.25) is 5.02 Å². The maximum absolute atomic E-state index is 12.2. The number of nitrogens with one attached hydrogen (secondary N) is 2. The SMILES string of the molecule is O=C(N/N=C/c1ccc(C(=O)Nc2ccc(Cl)cc2)cc1)c1cccnc1. The standard InChI is InChI=1S/C20H15ClN4O2/c21-17-7-9-18(10-8-17)24-19(26)15-5-3-14(4-6-15)12-23-25-20(27)16-2-1-11-22-13-16/h1-13H,(H,24,26)(H,25,27)/b23-12+. The first kappa shape index (κ1) is 18.3. The van der Waals surface area contributed by atoms with Crippen LogP contribution in [0.15, 0.2) is 78.2 Å². The zero-order chi connectivity index (χ0) is 19.1. The van der Waals surface area contributed by atoms with Gasteiger partial charge in [0.1, 0.15) is 0 Å². The summed E-state index contributed by atoms with van der Waals surface area (Å²) in [7, 11) is 0. The molecule has 3 aromatic rings. The van der Waals surface area contributed by atoms with E-state index in [-0.39, 0.29) is 11.8 Å². The van der Waals surface area contributed by atoms with Crippen molar-refractivity contribution in [1.82, 2.24) is 10.4 Å². The summed E-state index contributed by atoms with van der Waals surface area (Å²) in [5.41, 5.74) is 4.74. The first-order chi connectivity index (χ1) is 13.1. The van der Waals surface area contributed by atoms with Crippen molar-refractivity contribution in [3.63, 3.8) is 0 Å². The van der Waals surface area contributed by atoms with Crippen molar-refractivity contribution >= 4 is 35.3 Å². The van der Waals surface area contributed by atoms with E-state index < -0.39 is 0 Å². The Bertz CT molecular complexity index is 956. The summed E-state index contributed by atoms with van der Waals surface area (Å²) in [6, 6.07) is 17.0. The van der Waals surface area contributed by atoms with E-state index in [1.54, 1.807) is 66.9 Å². The summed E-state index contributed by atoms with van der Waals surface area (Å²) in [6.07, 6.45) is 4.54. The summed E-state index contributed by atoms with van der Waals surface area (Å²) in [5, 5.41) is 7.29. The van der Waals surface area contributed by atoms with Crippen LogP contribution in [0.1, 0.15) is 26.3 Å². The predicted octanol–water partition coefficient (Wildman–Crippen LogP) is 3.75. The highest BCUT2D eigenvalue weighted by Gasteiger charge is 2.06. The minimum atomic E-state index is -0.349. The zero-order valence-corrected chi connectivity index (χ0v) is 14.9. The average Bonchev–Trinajstić information content (AvgIpc) is 2.71. The monoisotopic (exact) mass is 378 g/mol. The number of aromatic nitrogens is 1. The van der Waals surface area contributed by atoms with Gasteiger partial charge in [0.2, 0.25) is 0 Å². The van der Waals surface area contributed by atoms with Crippen LogP contribution in [0, 0.1) is 0 Å². The maximum Gasteiger partial charge on any atom is 0.272 e. The van der Waals surface area contributed by atoms with E-state index in [0.717, 1.165) is 5.56 Å². The average molecular weight is 379 g/mol. The van der Waals surface area contributed by atoms with Crippen LogP contribution in [-0.2, 0) is 0 Å². The fourth-order valence-electron chi connectivity index (χ4n) is 2.18. The topological polar surface area (TPSA) is 83.5 Å². The van der Waals surface area contributed by atoms with Crippen molar-refractivity contribution in [1.29, 1.82) is 0 Å². The van der Waals surface area contributed by atoms with E-state index >= 15 is 0 Å². The Kier molecular flexibility index (Phi) is 5.91. The Balaban J connectivity index is 1.57. The van der Waals surface area contributed by atoms with Crippen molar-refractivity contribution in [3.8, 4) is 0 Å². The van der Waals surface area contributed by atoms with Crippen LogP contribution < -0.4 is 10.7 Å². The quantitative estimate of drug-likeness (QED) is 0.524. The zero-order valence-electron chi connectivity index (χ0n) is 14.1. The molecule has 2 aromatic carbocycles. The molecule has 0 unspecified atom stereocenters. The van der Waals surface area contributed by atoms with Crippen LogP contribution >= 0.6 is 11.6 Å². The molecule has 0 fully saturated rings. The van der Waals surface area contributed by atoms with Crippen LogP contribution in [0.3, 0.4) is 0 Å². The minimum Gasteiger partial charge on any atom is -0.322 e. The molecule has 2 N–H and O–H groups in total. The predicted molar refractivity (Wildman–Crippen MR) is 105 cm³/mol. The lowest BCUT2D eigenvalue weighted by Crippen LogP contribution is -2.17. The van der Waals surface area contributed by atoms with Gasteiger partial charge in [-0.15, -0.1) is 0 Å². The van der Waals surface area contributed by atoms with Gasteiger partial charge in [-0.1, -0.05) is 23.7 Å². The molecule has 6 nitrogen and oxygen atoms in total. The molecular weight excluding hydrogens is 364 g/mol. The van der Waals surface area contributed by atoms with E-state index in [9.17, 15) is 9.59 Å². The molecule has 2 amide bonds. The number of hydrazone groups is 1. The van der Waals surface area contributed by atoms with Gasteiger partial charge >= 0.3 is 0 Å². The van der Waals surface area contributed by atoms with Gasteiger partial charge in [0.25, 0.3) is 11.8 Å². The molecule has 0 saturated heterocycles. The molecule has 0 bridgehead atoms. The first-order valence-corrected chi connectivity index (χ1v) is 8.40. The normalized spacial score (nSPS) is 10.6. The third-order valence-electron chi connectivity index (χ3n) is 3.58. The third-order valence-corrected chi connectivity index (χ3v) is 3.83. The Labute approximate surface area is 160 Å². The van der Waals surface area contributed by atoms with E-state index in [0.29, 0.717) is 21.8 Å². The van der Waals surface area contributed by atoms with E-state index in [1.165, 1.54) is 12.4 Å². The second kappa shape index (κ2) is 8.73. The number of halogens is 1. The molecule has 1 heterocycles. The number of hydrogen-bond acceptors (Lipinski definition) is 4. The van der Waals surface area contributed by atoms with E-state index in [2.05, 4.69) is 20.8 Å². The van der Waals surface area contributed by atoms with Crippen molar-refractivity contribution in [2.45, 2.75) is 0 Å². The van der Waals surface area contributed by atoms with Crippen LogP contribution in [-0.4, -0.2) is 23.0 Å². The molecule has 0 spiro atoms. The molecule has 0 radical (unpaired) electrons. The highest BCUT2D eigenvalue weighted by Crippen LogP contribution is 2.14. The number of hydrogen-bond donors (Lipinski definition) is 2. The smallest absolute Gasteiger partial charge is 0.272 e. The Morgan fingerprint density at radius 3 is 2.33 bits per heavy atom. The summed E-state index contributed by atoms with van der Waals surface area (Å²) in [4.78, 5) is 28.0. The van der Waals surface area contributed by atoms with Crippen molar-refractivity contribution in [2.75, 3.05) is 5.32 Å². The molecule has 3 rings (SSSR count). The molecule has 0 aliphatic heterocycles. The van der Waals surface area contributed by atoms with Gasteiger partial charge in [0.15, 0.2) is 0 Å². The molecule has 27 heavy (non-hydrogen) atoms. The van der Waals surface area contributed by atoms with Crippen LogP contribution in [0.4, 0.5) is 5.69 Å². The van der Waals surface area contributed by atoms with Crippen LogP contribution in [0.5, 0.6) is 0 Å².